The molecule has 0 amide bonds. The number of halogens is 1. The summed E-state index contributed by atoms with van der Waals surface area (Å²) < 4.78 is 7.59. The molecule has 1 unspecified atom stereocenters. The molecule has 1 aliphatic heterocycles. The summed E-state index contributed by atoms with van der Waals surface area (Å²) in [7, 11) is 0. The predicted octanol–water partition coefficient (Wildman–Crippen LogP) is 4.88. The summed E-state index contributed by atoms with van der Waals surface area (Å²) in [5.41, 5.74) is 2.29. The van der Waals surface area contributed by atoms with E-state index in [0.29, 0.717) is 13.2 Å². The number of benzene rings is 2. The van der Waals surface area contributed by atoms with Gasteiger partial charge in [0.25, 0.3) is 5.56 Å². The molecule has 0 bridgehead atoms. The molecule has 0 spiro atoms. The van der Waals surface area contributed by atoms with Crippen molar-refractivity contribution >= 4 is 22.4 Å². The van der Waals surface area contributed by atoms with Gasteiger partial charge in [-0.3, -0.25) is 9.69 Å². The van der Waals surface area contributed by atoms with Crippen molar-refractivity contribution in [2.45, 2.75) is 32.4 Å². The Hall–Kier alpha value is -2.14. The Morgan fingerprint density at radius 1 is 1.07 bits per heavy atom. The van der Waals surface area contributed by atoms with E-state index in [1.807, 2.05) is 41.0 Å². The maximum Gasteiger partial charge on any atom is 0.258 e. The standard InChI is InChI=1S/C24H27ClN2O2/c1-2-3-12-27-22(17-19-6-4-5-7-21(19)24(27)28)23(26-13-15-29-16-14-26)18-8-10-20(25)11-9-18/h4-11,17,23H,2-3,12-16H2,1H3. The number of fused-ring (bicyclic) bond motifs is 1. The molecule has 0 saturated carbocycles. The van der Waals surface area contributed by atoms with E-state index in [9.17, 15) is 4.79 Å². The highest BCUT2D eigenvalue weighted by molar-refractivity contribution is 6.30. The van der Waals surface area contributed by atoms with Crippen LogP contribution >= 0.6 is 11.6 Å². The molecular formula is C24H27ClN2O2. The Kier molecular flexibility index (Phi) is 6.34. The molecule has 0 N–H and O–H groups in total. The third-order valence-corrected chi connectivity index (χ3v) is 5.92. The first kappa shape index (κ1) is 20.1. The van der Waals surface area contributed by atoms with Crippen molar-refractivity contribution in [3.63, 3.8) is 0 Å². The fraction of sp³-hybridized carbons (Fsp3) is 0.375. The van der Waals surface area contributed by atoms with Crippen LogP contribution in [0.2, 0.25) is 5.02 Å². The monoisotopic (exact) mass is 410 g/mol. The van der Waals surface area contributed by atoms with E-state index in [1.165, 1.54) is 0 Å². The molecule has 152 valence electrons. The summed E-state index contributed by atoms with van der Waals surface area (Å²) in [4.78, 5) is 15.8. The fourth-order valence-electron chi connectivity index (χ4n) is 4.14. The van der Waals surface area contributed by atoms with E-state index in [0.717, 1.165) is 59.5 Å². The maximum atomic E-state index is 13.4. The molecule has 1 fully saturated rings. The second kappa shape index (κ2) is 9.12. The van der Waals surface area contributed by atoms with Crippen LogP contribution in [-0.4, -0.2) is 35.8 Å². The minimum atomic E-state index is -0.00895. The Labute approximate surface area is 176 Å². The SMILES string of the molecule is CCCCn1c(C(c2ccc(Cl)cc2)N2CCOCC2)cc2ccccc2c1=O. The Balaban J connectivity index is 1.92. The van der Waals surface area contributed by atoms with Crippen LogP contribution in [0.5, 0.6) is 0 Å². The minimum Gasteiger partial charge on any atom is -0.379 e. The smallest absolute Gasteiger partial charge is 0.258 e. The highest BCUT2D eigenvalue weighted by Gasteiger charge is 2.27. The van der Waals surface area contributed by atoms with Gasteiger partial charge in [-0.1, -0.05) is 55.3 Å². The van der Waals surface area contributed by atoms with Crippen LogP contribution in [-0.2, 0) is 11.3 Å². The molecule has 2 heterocycles. The van der Waals surface area contributed by atoms with Crippen LogP contribution in [0.3, 0.4) is 0 Å². The Morgan fingerprint density at radius 2 is 1.79 bits per heavy atom. The highest BCUT2D eigenvalue weighted by atomic mass is 35.5. The lowest BCUT2D eigenvalue weighted by atomic mass is 9.98. The fourth-order valence-corrected chi connectivity index (χ4v) is 4.27. The summed E-state index contributed by atoms with van der Waals surface area (Å²) in [6.45, 7) is 5.96. The first-order valence-electron chi connectivity index (χ1n) is 10.4. The van der Waals surface area contributed by atoms with Crippen molar-refractivity contribution in [2.24, 2.45) is 0 Å². The van der Waals surface area contributed by atoms with Crippen molar-refractivity contribution in [1.82, 2.24) is 9.47 Å². The molecule has 1 aromatic heterocycles. The molecule has 4 nitrogen and oxygen atoms in total. The van der Waals surface area contributed by atoms with Crippen LogP contribution < -0.4 is 5.56 Å². The summed E-state index contributed by atoms with van der Waals surface area (Å²) in [5, 5.41) is 2.49. The number of hydrogen-bond acceptors (Lipinski definition) is 3. The molecule has 0 radical (unpaired) electrons. The molecule has 4 rings (SSSR count). The van der Waals surface area contributed by atoms with Gasteiger partial charge in [-0.15, -0.1) is 0 Å². The van der Waals surface area contributed by atoms with Crippen LogP contribution in [0, 0.1) is 0 Å². The number of unbranched alkanes of at least 4 members (excludes halogenated alkanes) is 1. The number of nitrogens with zero attached hydrogens (tertiary/aromatic N) is 2. The van der Waals surface area contributed by atoms with E-state index < -0.39 is 0 Å². The average molecular weight is 411 g/mol. The van der Waals surface area contributed by atoms with Gasteiger partial charge in [-0.25, -0.2) is 0 Å². The van der Waals surface area contributed by atoms with Crippen molar-refractivity contribution in [2.75, 3.05) is 26.3 Å². The number of aromatic nitrogens is 1. The zero-order chi connectivity index (χ0) is 20.2. The van der Waals surface area contributed by atoms with Gasteiger partial charge in [0.2, 0.25) is 0 Å². The largest absolute Gasteiger partial charge is 0.379 e. The van der Waals surface area contributed by atoms with Crippen LogP contribution in [0.15, 0.2) is 59.4 Å². The zero-order valence-electron chi connectivity index (χ0n) is 16.8. The number of ether oxygens (including phenoxy) is 1. The van der Waals surface area contributed by atoms with Gasteiger partial charge < -0.3 is 9.30 Å². The van der Waals surface area contributed by atoms with E-state index in [4.69, 9.17) is 16.3 Å². The summed E-state index contributed by atoms with van der Waals surface area (Å²) in [6.07, 6.45) is 2.02. The quantitative estimate of drug-likeness (QED) is 0.581. The molecule has 1 atom stereocenters. The van der Waals surface area contributed by atoms with Gasteiger partial charge in [0.1, 0.15) is 0 Å². The first-order valence-corrected chi connectivity index (χ1v) is 10.8. The normalized spacial score (nSPS) is 16.2. The van der Waals surface area contributed by atoms with Crippen LogP contribution in [0.25, 0.3) is 10.8 Å². The lowest BCUT2D eigenvalue weighted by molar-refractivity contribution is 0.0224. The van der Waals surface area contributed by atoms with Gasteiger partial charge in [0.15, 0.2) is 0 Å². The maximum absolute atomic E-state index is 13.4. The van der Waals surface area contributed by atoms with Gasteiger partial charge in [-0.2, -0.15) is 0 Å². The topological polar surface area (TPSA) is 34.5 Å². The third kappa shape index (κ3) is 4.25. The highest BCUT2D eigenvalue weighted by Crippen LogP contribution is 2.31. The Morgan fingerprint density at radius 3 is 2.52 bits per heavy atom. The number of pyridine rings is 1. The lowest BCUT2D eigenvalue weighted by Crippen LogP contribution is -2.41. The van der Waals surface area contributed by atoms with Gasteiger partial charge >= 0.3 is 0 Å². The molecule has 1 saturated heterocycles. The number of morpholine rings is 1. The second-order valence-corrected chi connectivity index (χ2v) is 8.01. The number of hydrogen-bond donors (Lipinski definition) is 0. The van der Waals surface area contributed by atoms with E-state index >= 15 is 0 Å². The third-order valence-electron chi connectivity index (χ3n) is 5.66. The van der Waals surface area contributed by atoms with Crippen molar-refractivity contribution < 1.29 is 4.74 Å². The molecule has 1 aliphatic rings. The Bertz CT molecular complexity index is 1020. The van der Waals surface area contributed by atoms with E-state index in [2.05, 4.69) is 30.0 Å². The summed E-state index contributed by atoms with van der Waals surface area (Å²) in [6, 6.07) is 18.1. The average Bonchev–Trinajstić information content (AvgIpc) is 2.76. The van der Waals surface area contributed by atoms with Gasteiger partial charge in [-0.05, 0) is 41.6 Å². The molecule has 0 aliphatic carbocycles. The lowest BCUT2D eigenvalue weighted by Gasteiger charge is -2.36. The minimum absolute atomic E-state index is 0.00895. The van der Waals surface area contributed by atoms with Crippen molar-refractivity contribution in [3.8, 4) is 0 Å². The molecular weight excluding hydrogens is 384 g/mol. The molecule has 3 aromatic rings. The predicted molar refractivity (Wildman–Crippen MR) is 119 cm³/mol. The van der Waals surface area contributed by atoms with Gasteiger partial charge in [0, 0.05) is 35.7 Å². The first-order chi connectivity index (χ1) is 14.2. The van der Waals surface area contributed by atoms with E-state index in [1.54, 1.807) is 0 Å². The van der Waals surface area contributed by atoms with E-state index in [-0.39, 0.29) is 11.6 Å². The second-order valence-electron chi connectivity index (χ2n) is 7.57. The molecule has 5 heteroatoms. The zero-order valence-corrected chi connectivity index (χ0v) is 17.6. The van der Waals surface area contributed by atoms with Crippen LogP contribution in [0.4, 0.5) is 0 Å². The van der Waals surface area contributed by atoms with Crippen LogP contribution in [0.1, 0.15) is 37.1 Å². The molecule has 29 heavy (non-hydrogen) atoms. The summed E-state index contributed by atoms with van der Waals surface area (Å²) >= 11 is 6.16. The van der Waals surface area contributed by atoms with Crippen molar-refractivity contribution in [1.29, 1.82) is 0 Å². The van der Waals surface area contributed by atoms with Crippen molar-refractivity contribution in [3.05, 3.63) is 81.2 Å². The summed E-state index contributed by atoms with van der Waals surface area (Å²) in [5.74, 6) is 0. The number of rotatable bonds is 6. The molecule has 2 aromatic carbocycles. The van der Waals surface area contributed by atoms with Gasteiger partial charge in [0.05, 0.1) is 19.3 Å².